The van der Waals surface area contributed by atoms with Crippen molar-refractivity contribution in [2.45, 2.75) is 18.9 Å². The Morgan fingerprint density at radius 3 is 2.61 bits per heavy atom. The zero-order valence-electron chi connectivity index (χ0n) is 10.4. The van der Waals surface area contributed by atoms with Crippen LogP contribution in [0.1, 0.15) is 24.4 Å². The first-order chi connectivity index (χ1) is 8.22. The normalized spacial score (nSPS) is 17.9. The van der Waals surface area contributed by atoms with E-state index >= 15 is 0 Å². The molecule has 0 aromatic heterocycles. The summed E-state index contributed by atoms with van der Waals surface area (Å²) < 4.78 is 23.8. The van der Waals surface area contributed by atoms with Crippen molar-refractivity contribution in [2.24, 2.45) is 11.7 Å². The fraction of sp³-hybridized carbons (Fsp3) is 0.538. The Morgan fingerprint density at radius 2 is 2.06 bits per heavy atom. The predicted molar refractivity (Wildman–Crippen MR) is 70.7 cm³/mol. The van der Waals surface area contributed by atoms with Crippen LogP contribution in [0.5, 0.6) is 5.75 Å². The van der Waals surface area contributed by atoms with Crippen molar-refractivity contribution >= 4 is 12.4 Å². The van der Waals surface area contributed by atoms with Crippen LogP contribution in [0.3, 0.4) is 0 Å². The van der Waals surface area contributed by atoms with E-state index in [1.54, 1.807) is 6.07 Å². The standard InChI is InChI=1S/C13H18FNO2.ClH/c1-16-12-3-2-10(8-11(12)14)13(15)9-4-6-17-7-5-9;/h2-3,8-9,13H,4-7,15H2,1H3;1H/t13-;/m0./s1. The third-order valence-corrected chi connectivity index (χ3v) is 3.33. The summed E-state index contributed by atoms with van der Waals surface area (Å²) in [5.74, 6) is 0.275. The predicted octanol–water partition coefficient (Wildman–Crippen LogP) is 2.68. The van der Waals surface area contributed by atoms with Crippen LogP contribution in [0.4, 0.5) is 4.39 Å². The molecule has 2 rings (SSSR count). The molecule has 1 aromatic rings. The largest absolute Gasteiger partial charge is 0.494 e. The van der Waals surface area contributed by atoms with Gasteiger partial charge in [-0.3, -0.25) is 0 Å². The first-order valence-electron chi connectivity index (χ1n) is 5.89. The monoisotopic (exact) mass is 275 g/mol. The van der Waals surface area contributed by atoms with Crippen molar-refractivity contribution in [3.8, 4) is 5.75 Å². The molecule has 1 fully saturated rings. The second kappa shape index (κ2) is 6.92. The highest BCUT2D eigenvalue weighted by atomic mass is 35.5. The molecule has 2 N–H and O–H groups in total. The lowest BCUT2D eigenvalue weighted by Gasteiger charge is -2.28. The van der Waals surface area contributed by atoms with Crippen LogP contribution in [0.15, 0.2) is 18.2 Å². The summed E-state index contributed by atoms with van der Waals surface area (Å²) in [7, 11) is 1.45. The van der Waals surface area contributed by atoms with Gasteiger partial charge in [0.05, 0.1) is 7.11 Å². The van der Waals surface area contributed by atoms with Crippen LogP contribution in [0.25, 0.3) is 0 Å². The Labute approximate surface area is 113 Å². The quantitative estimate of drug-likeness (QED) is 0.922. The third kappa shape index (κ3) is 3.34. The van der Waals surface area contributed by atoms with Gasteiger partial charge in [-0.05, 0) is 36.5 Å². The van der Waals surface area contributed by atoms with Crippen LogP contribution in [-0.4, -0.2) is 20.3 Å². The SMILES string of the molecule is COc1ccc([C@@H](N)C2CCOCC2)cc1F.Cl. The molecule has 1 saturated heterocycles. The van der Waals surface area contributed by atoms with Gasteiger partial charge in [-0.15, -0.1) is 12.4 Å². The summed E-state index contributed by atoms with van der Waals surface area (Å²) in [5.41, 5.74) is 7.00. The first kappa shape index (κ1) is 15.2. The highest BCUT2D eigenvalue weighted by Gasteiger charge is 2.22. The van der Waals surface area contributed by atoms with Crippen LogP contribution < -0.4 is 10.5 Å². The number of halogens is 2. The Balaban J connectivity index is 0.00000162. The van der Waals surface area contributed by atoms with Gasteiger partial charge in [0, 0.05) is 19.3 Å². The number of benzene rings is 1. The summed E-state index contributed by atoms with van der Waals surface area (Å²) in [6, 6.07) is 4.81. The fourth-order valence-corrected chi connectivity index (χ4v) is 2.24. The number of rotatable bonds is 3. The van der Waals surface area contributed by atoms with Crippen LogP contribution >= 0.6 is 12.4 Å². The second-order valence-electron chi connectivity index (χ2n) is 4.37. The summed E-state index contributed by atoms with van der Waals surface area (Å²) in [6.45, 7) is 1.49. The summed E-state index contributed by atoms with van der Waals surface area (Å²) in [5, 5.41) is 0. The molecule has 0 amide bonds. The molecule has 0 bridgehead atoms. The van der Waals surface area contributed by atoms with Gasteiger partial charge in [0.15, 0.2) is 11.6 Å². The minimum absolute atomic E-state index is 0. The number of ether oxygens (including phenoxy) is 2. The maximum Gasteiger partial charge on any atom is 0.165 e. The molecule has 1 aliphatic heterocycles. The first-order valence-corrected chi connectivity index (χ1v) is 5.89. The van der Waals surface area contributed by atoms with Crippen molar-refractivity contribution in [1.82, 2.24) is 0 Å². The van der Waals surface area contributed by atoms with Crippen LogP contribution in [-0.2, 0) is 4.74 Å². The van der Waals surface area contributed by atoms with E-state index in [4.69, 9.17) is 15.2 Å². The van der Waals surface area contributed by atoms with E-state index < -0.39 is 0 Å². The average molecular weight is 276 g/mol. The molecule has 3 nitrogen and oxygen atoms in total. The van der Waals surface area contributed by atoms with Gasteiger partial charge in [0.25, 0.3) is 0 Å². The van der Waals surface area contributed by atoms with E-state index in [0.29, 0.717) is 5.92 Å². The van der Waals surface area contributed by atoms with Crippen molar-refractivity contribution in [3.63, 3.8) is 0 Å². The van der Waals surface area contributed by atoms with E-state index in [2.05, 4.69) is 0 Å². The molecule has 0 saturated carbocycles. The highest BCUT2D eigenvalue weighted by molar-refractivity contribution is 5.85. The molecule has 0 unspecified atom stereocenters. The zero-order chi connectivity index (χ0) is 12.3. The summed E-state index contributed by atoms with van der Waals surface area (Å²) in [4.78, 5) is 0. The van der Waals surface area contributed by atoms with Gasteiger partial charge in [0.1, 0.15) is 0 Å². The summed E-state index contributed by atoms with van der Waals surface area (Å²) in [6.07, 6.45) is 1.88. The topological polar surface area (TPSA) is 44.5 Å². The Morgan fingerprint density at radius 1 is 1.39 bits per heavy atom. The molecule has 0 aliphatic carbocycles. The number of hydrogen-bond acceptors (Lipinski definition) is 3. The Hall–Kier alpha value is -0.840. The lowest BCUT2D eigenvalue weighted by Crippen LogP contribution is -2.27. The van der Waals surface area contributed by atoms with Crippen LogP contribution in [0.2, 0.25) is 0 Å². The van der Waals surface area contributed by atoms with Crippen LogP contribution in [0, 0.1) is 11.7 Å². The molecule has 102 valence electrons. The van der Waals surface area contributed by atoms with Crippen molar-refractivity contribution in [2.75, 3.05) is 20.3 Å². The Kier molecular flexibility index (Phi) is 5.85. The smallest absolute Gasteiger partial charge is 0.165 e. The summed E-state index contributed by atoms with van der Waals surface area (Å²) >= 11 is 0. The second-order valence-corrected chi connectivity index (χ2v) is 4.37. The number of nitrogens with two attached hydrogens (primary N) is 1. The van der Waals surface area contributed by atoms with Crippen molar-refractivity contribution in [1.29, 1.82) is 0 Å². The minimum Gasteiger partial charge on any atom is -0.494 e. The highest BCUT2D eigenvalue weighted by Crippen LogP contribution is 2.30. The van der Waals surface area contributed by atoms with Gasteiger partial charge in [0.2, 0.25) is 0 Å². The van der Waals surface area contributed by atoms with E-state index in [1.165, 1.54) is 13.2 Å². The fourth-order valence-electron chi connectivity index (χ4n) is 2.24. The van der Waals surface area contributed by atoms with Gasteiger partial charge in [-0.25, -0.2) is 4.39 Å². The van der Waals surface area contributed by atoms with Gasteiger partial charge >= 0.3 is 0 Å². The molecule has 1 heterocycles. The zero-order valence-corrected chi connectivity index (χ0v) is 11.2. The molecule has 0 spiro atoms. The number of hydrogen-bond donors (Lipinski definition) is 1. The molecular weight excluding hydrogens is 257 g/mol. The molecular formula is C13H19ClFNO2. The number of methoxy groups -OCH3 is 1. The van der Waals surface area contributed by atoms with Gasteiger partial charge in [-0.2, -0.15) is 0 Å². The van der Waals surface area contributed by atoms with Crippen molar-refractivity contribution < 1.29 is 13.9 Å². The van der Waals surface area contributed by atoms with E-state index in [9.17, 15) is 4.39 Å². The molecule has 5 heteroatoms. The van der Waals surface area contributed by atoms with Gasteiger partial charge in [-0.1, -0.05) is 6.07 Å². The third-order valence-electron chi connectivity index (χ3n) is 3.33. The molecule has 1 atom stereocenters. The van der Waals surface area contributed by atoms with Crippen molar-refractivity contribution in [3.05, 3.63) is 29.6 Å². The molecule has 1 aromatic carbocycles. The molecule has 18 heavy (non-hydrogen) atoms. The van der Waals surface area contributed by atoms with E-state index in [-0.39, 0.29) is 30.0 Å². The maximum atomic E-state index is 13.6. The van der Waals surface area contributed by atoms with Gasteiger partial charge < -0.3 is 15.2 Å². The lowest BCUT2D eigenvalue weighted by atomic mass is 9.88. The molecule has 1 aliphatic rings. The molecule has 0 radical (unpaired) electrons. The van der Waals surface area contributed by atoms with E-state index in [0.717, 1.165) is 31.6 Å². The van der Waals surface area contributed by atoms with E-state index in [1.807, 2.05) is 6.07 Å². The average Bonchev–Trinajstić information content (AvgIpc) is 2.39. The maximum absolute atomic E-state index is 13.6. The minimum atomic E-state index is -0.354. The Bertz CT molecular complexity index is 383. The lowest BCUT2D eigenvalue weighted by molar-refractivity contribution is 0.0583.